The van der Waals surface area contributed by atoms with Crippen molar-refractivity contribution >= 4 is 74.5 Å². The van der Waals surface area contributed by atoms with E-state index in [2.05, 4.69) is 5.32 Å². The smallest absolute Gasteiger partial charge is 0.266 e. The van der Waals surface area contributed by atoms with Crippen molar-refractivity contribution in [3.63, 3.8) is 0 Å². The second-order valence-electron chi connectivity index (χ2n) is 4.47. The second-order valence-corrected chi connectivity index (χ2v) is 7.23. The molecule has 23 heavy (non-hydrogen) atoms. The number of carbonyl (C=O) groups excluding carboxylic acids is 1. The highest BCUT2D eigenvalue weighted by molar-refractivity contribution is 14.1. The van der Waals surface area contributed by atoms with E-state index in [0.717, 1.165) is 0 Å². The summed E-state index contributed by atoms with van der Waals surface area (Å²) in [7, 11) is 0. The molecule has 2 rings (SSSR count). The first-order valence-electron chi connectivity index (χ1n) is 6.27. The molecule has 0 spiro atoms. The maximum atomic E-state index is 12.2. The maximum absolute atomic E-state index is 12.2. The molecule has 2 N–H and O–H groups in total. The summed E-state index contributed by atoms with van der Waals surface area (Å²) in [5.74, 6) is -0.335. The quantitative estimate of drug-likeness (QED) is 0.328. The molecule has 0 saturated carbocycles. The van der Waals surface area contributed by atoms with Gasteiger partial charge in [-0.2, -0.15) is 5.26 Å². The normalized spacial score (nSPS) is 11.0. The zero-order valence-electron chi connectivity index (χ0n) is 11.5. The number of benzene rings is 2. The lowest BCUT2D eigenvalue weighted by Gasteiger charge is -2.06. The van der Waals surface area contributed by atoms with Crippen molar-refractivity contribution in [3.05, 3.63) is 59.7 Å². The fourth-order valence-electron chi connectivity index (χ4n) is 1.75. The van der Waals surface area contributed by atoms with Crippen LogP contribution in [0.3, 0.4) is 0 Å². The Kier molecular flexibility index (Phi) is 6.26. The first kappa shape index (κ1) is 18.0. The topological polar surface area (TPSA) is 73.1 Å². The SMILES string of the molecule is N#C/C(=C\c1cc(I)c(O)c(I)c1)C(=O)Nc1cccc(Cl)c1. The summed E-state index contributed by atoms with van der Waals surface area (Å²) < 4.78 is 1.29. The van der Waals surface area contributed by atoms with Crippen LogP contribution in [0.15, 0.2) is 42.0 Å². The zero-order chi connectivity index (χ0) is 17.0. The Hall–Kier alpha value is -1.31. The molecule has 7 heteroatoms. The van der Waals surface area contributed by atoms with Gasteiger partial charge in [-0.15, -0.1) is 0 Å². The fourth-order valence-corrected chi connectivity index (χ4v) is 3.75. The number of nitrogens with zero attached hydrogens (tertiary/aromatic N) is 1. The predicted molar refractivity (Wildman–Crippen MR) is 107 cm³/mol. The fraction of sp³-hybridized carbons (Fsp3) is 0. The third kappa shape index (κ3) is 4.83. The molecule has 2 aromatic rings. The number of rotatable bonds is 3. The number of phenolic OH excluding ortho intramolecular Hbond substituents is 1. The molecule has 0 radical (unpaired) electrons. The number of carbonyl (C=O) groups is 1. The van der Waals surface area contributed by atoms with Gasteiger partial charge in [0.15, 0.2) is 0 Å². The van der Waals surface area contributed by atoms with Crippen molar-refractivity contribution in [2.45, 2.75) is 0 Å². The van der Waals surface area contributed by atoms with Gasteiger partial charge in [-0.3, -0.25) is 4.79 Å². The van der Waals surface area contributed by atoms with E-state index in [0.29, 0.717) is 23.4 Å². The zero-order valence-corrected chi connectivity index (χ0v) is 16.5. The van der Waals surface area contributed by atoms with Gasteiger partial charge in [0.2, 0.25) is 0 Å². The van der Waals surface area contributed by atoms with E-state index in [1.807, 2.05) is 51.3 Å². The lowest BCUT2D eigenvalue weighted by molar-refractivity contribution is -0.112. The third-order valence-electron chi connectivity index (χ3n) is 2.80. The van der Waals surface area contributed by atoms with Crippen LogP contribution in [0.1, 0.15) is 5.56 Å². The first-order chi connectivity index (χ1) is 10.9. The number of halogens is 3. The van der Waals surface area contributed by atoms with Crippen molar-refractivity contribution in [2.75, 3.05) is 5.32 Å². The van der Waals surface area contributed by atoms with Gasteiger partial charge in [-0.1, -0.05) is 17.7 Å². The van der Waals surface area contributed by atoms with Crippen molar-refractivity contribution < 1.29 is 9.90 Å². The number of nitrogens with one attached hydrogen (secondary N) is 1. The molecule has 0 aromatic heterocycles. The van der Waals surface area contributed by atoms with Gasteiger partial charge in [0.25, 0.3) is 5.91 Å². The lowest BCUT2D eigenvalue weighted by Crippen LogP contribution is -2.13. The molecule has 4 nitrogen and oxygen atoms in total. The standard InChI is InChI=1S/C16H9ClI2N2O2/c17-11-2-1-3-12(7-11)21-16(23)10(8-20)4-9-5-13(18)15(22)14(19)6-9/h1-7,22H,(H,21,23)/b10-4+. The Labute approximate surface area is 165 Å². The van der Waals surface area contributed by atoms with E-state index in [4.69, 9.17) is 11.6 Å². The summed E-state index contributed by atoms with van der Waals surface area (Å²) >= 11 is 9.85. The van der Waals surface area contributed by atoms with Gasteiger partial charge in [-0.05, 0) is 87.2 Å². The van der Waals surface area contributed by atoms with Crippen LogP contribution in [-0.2, 0) is 4.79 Å². The van der Waals surface area contributed by atoms with Crippen LogP contribution in [0, 0.1) is 18.5 Å². The highest BCUT2D eigenvalue weighted by Gasteiger charge is 2.11. The minimum atomic E-state index is -0.521. The van der Waals surface area contributed by atoms with Crippen LogP contribution in [0.4, 0.5) is 5.69 Å². The molecule has 0 heterocycles. The third-order valence-corrected chi connectivity index (χ3v) is 4.68. The number of amides is 1. The molecule has 0 atom stereocenters. The van der Waals surface area contributed by atoms with Crippen molar-refractivity contribution in [1.29, 1.82) is 5.26 Å². The van der Waals surface area contributed by atoms with Crippen LogP contribution in [0.2, 0.25) is 5.02 Å². The average molecular weight is 551 g/mol. The van der Waals surface area contributed by atoms with E-state index in [1.54, 1.807) is 36.4 Å². The first-order valence-corrected chi connectivity index (χ1v) is 8.81. The van der Waals surface area contributed by atoms with Crippen LogP contribution in [-0.4, -0.2) is 11.0 Å². The number of hydrogen-bond donors (Lipinski definition) is 2. The monoisotopic (exact) mass is 550 g/mol. The van der Waals surface area contributed by atoms with E-state index in [9.17, 15) is 15.2 Å². The second kappa shape index (κ2) is 7.99. The maximum Gasteiger partial charge on any atom is 0.266 e. The number of aromatic hydroxyl groups is 1. The Morgan fingerprint density at radius 1 is 1.26 bits per heavy atom. The van der Waals surface area contributed by atoms with Crippen molar-refractivity contribution in [3.8, 4) is 11.8 Å². The molecule has 0 unspecified atom stereocenters. The molecule has 116 valence electrons. The summed E-state index contributed by atoms with van der Waals surface area (Å²) in [6.45, 7) is 0. The molecular formula is C16H9ClI2N2O2. The van der Waals surface area contributed by atoms with Crippen molar-refractivity contribution in [1.82, 2.24) is 0 Å². The van der Waals surface area contributed by atoms with Crippen LogP contribution in [0.25, 0.3) is 6.08 Å². The molecule has 2 aromatic carbocycles. The van der Waals surface area contributed by atoms with E-state index in [-0.39, 0.29) is 11.3 Å². The Balaban J connectivity index is 2.28. The number of phenols is 1. The molecule has 0 fully saturated rings. The number of nitriles is 1. The molecule has 0 aliphatic carbocycles. The van der Waals surface area contributed by atoms with Crippen LogP contribution < -0.4 is 5.32 Å². The van der Waals surface area contributed by atoms with E-state index in [1.165, 1.54) is 6.08 Å². The van der Waals surface area contributed by atoms with Gasteiger partial charge < -0.3 is 10.4 Å². The Morgan fingerprint density at radius 2 is 1.91 bits per heavy atom. The predicted octanol–water partition coefficient (Wildman–Crippen LogP) is 4.80. The Morgan fingerprint density at radius 3 is 2.48 bits per heavy atom. The highest BCUT2D eigenvalue weighted by atomic mass is 127. The molecule has 0 aliphatic rings. The number of anilines is 1. The summed E-state index contributed by atoms with van der Waals surface area (Å²) in [6, 6.07) is 12.0. The van der Waals surface area contributed by atoms with Gasteiger partial charge >= 0.3 is 0 Å². The van der Waals surface area contributed by atoms with E-state index < -0.39 is 5.91 Å². The van der Waals surface area contributed by atoms with Gasteiger partial charge in [-0.25, -0.2) is 0 Å². The molecular weight excluding hydrogens is 541 g/mol. The largest absolute Gasteiger partial charge is 0.506 e. The van der Waals surface area contributed by atoms with Crippen LogP contribution in [0.5, 0.6) is 5.75 Å². The minimum absolute atomic E-state index is 0.0396. The van der Waals surface area contributed by atoms with E-state index >= 15 is 0 Å². The summed E-state index contributed by atoms with van der Waals surface area (Å²) in [5.41, 5.74) is 1.13. The summed E-state index contributed by atoms with van der Waals surface area (Å²) in [6.07, 6.45) is 1.48. The molecule has 0 aliphatic heterocycles. The lowest BCUT2D eigenvalue weighted by atomic mass is 10.1. The summed E-state index contributed by atoms with van der Waals surface area (Å²) in [5, 5.41) is 22.1. The van der Waals surface area contributed by atoms with Gasteiger partial charge in [0.05, 0.1) is 7.14 Å². The Bertz CT molecular complexity index is 821. The average Bonchev–Trinajstić information content (AvgIpc) is 2.50. The summed E-state index contributed by atoms with van der Waals surface area (Å²) in [4.78, 5) is 12.2. The molecule has 0 saturated heterocycles. The van der Waals surface area contributed by atoms with Crippen molar-refractivity contribution in [2.24, 2.45) is 0 Å². The van der Waals surface area contributed by atoms with Gasteiger partial charge in [0, 0.05) is 10.7 Å². The molecule has 1 amide bonds. The minimum Gasteiger partial charge on any atom is -0.506 e. The molecule has 0 bridgehead atoms. The number of hydrogen-bond acceptors (Lipinski definition) is 3. The highest BCUT2D eigenvalue weighted by Crippen LogP contribution is 2.28. The van der Waals surface area contributed by atoms with Crippen LogP contribution >= 0.6 is 56.8 Å². The van der Waals surface area contributed by atoms with Gasteiger partial charge in [0.1, 0.15) is 17.4 Å².